The maximum atomic E-state index is 13.3. The monoisotopic (exact) mass is 304 g/mol. The Hall–Kier alpha value is -2.96. The quantitative estimate of drug-likeness (QED) is 0.642. The molecule has 7 heteroatoms. The fourth-order valence-corrected chi connectivity index (χ4v) is 1.77. The van der Waals surface area contributed by atoms with Gasteiger partial charge in [-0.1, -0.05) is 0 Å². The molecular formula is C15H13FN2O4. The minimum Gasteiger partial charge on any atom is -0.457 e. The molecule has 0 heterocycles. The minimum atomic E-state index is -0.761. The lowest BCUT2D eigenvalue weighted by atomic mass is 10.2. The second-order valence-electron chi connectivity index (χ2n) is 4.73. The van der Waals surface area contributed by atoms with Crippen LogP contribution in [0.1, 0.15) is 10.4 Å². The smallest absolute Gasteiger partial charge is 0.276 e. The van der Waals surface area contributed by atoms with Gasteiger partial charge in [0.2, 0.25) is 0 Å². The summed E-state index contributed by atoms with van der Waals surface area (Å²) < 4.78 is 18.7. The Balaban J connectivity index is 2.21. The Morgan fingerprint density at radius 2 is 1.77 bits per heavy atom. The zero-order valence-electron chi connectivity index (χ0n) is 11.9. The highest BCUT2D eigenvalue weighted by Gasteiger charge is 2.12. The molecule has 2 rings (SSSR count). The number of nitrogens with zero attached hydrogens (tertiary/aromatic N) is 2. The van der Waals surface area contributed by atoms with Crippen LogP contribution in [-0.2, 0) is 0 Å². The van der Waals surface area contributed by atoms with Crippen LogP contribution < -0.4 is 4.74 Å². The first-order valence-electron chi connectivity index (χ1n) is 6.31. The summed E-state index contributed by atoms with van der Waals surface area (Å²) >= 11 is 0. The van der Waals surface area contributed by atoms with E-state index >= 15 is 0 Å². The Kier molecular flexibility index (Phi) is 4.36. The Labute approximate surface area is 125 Å². The van der Waals surface area contributed by atoms with Gasteiger partial charge in [-0.05, 0) is 24.3 Å². The van der Waals surface area contributed by atoms with E-state index in [1.807, 2.05) is 0 Å². The summed E-state index contributed by atoms with van der Waals surface area (Å²) in [6.07, 6.45) is 0. The van der Waals surface area contributed by atoms with Crippen molar-refractivity contribution >= 4 is 11.6 Å². The SMILES string of the molecule is CN(C)C(=O)c1ccc(Oc2cc(F)cc([N+](=O)[O-])c2)cc1. The van der Waals surface area contributed by atoms with E-state index in [1.54, 1.807) is 26.2 Å². The third-order valence-corrected chi connectivity index (χ3v) is 2.81. The maximum Gasteiger partial charge on any atom is 0.276 e. The lowest BCUT2D eigenvalue weighted by Crippen LogP contribution is -2.21. The van der Waals surface area contributed by atoms with Gasteiger partial charge in [-0.2, -0.15) is 0 Å². The fourth-order valence-electron chi connectivity index (χ4n) is 1.77. The molecule has 1 amide bonds. The highest BCUT2D eigenvalue weighted by atomic mass is 19.1. The van der Waals surface area contributed by atoms with Gasteiger partial charge in [0.05, 0.1) is 17.1 Å². The van der Waals surface area contributed by atoms with Crippen molar-refractivity contribution in [2.24, 2.45) is 0 Å². The van der Waals surface area contributed by atoms with Gasteiger partial charge >= 0.3 is 0 Å². The fraction of sp³-hybridized carbons (Fsp3) is 0.133. The number of ether oxygens (including phenoxy) is 1. The highest BCUT2D eigenvalue weighted by molar-refractivity contribution is 5.93. The Morgan fingerprint density at radius 1 is 1.14 bits per heavy atom. The topological polar surface area (TPSA) is 72.7 Å². The number of nitro groups is 1. The van der Waals surface area contributed by atoms with Crippen molar-refractivity contribution in [3.05, 3.63) is 64.0 Å². The van der Waals surface area contributed by atoms with Crippen LogP contribution in [0.25, 0.3) is 0 Å². The third-order valence-electron chi connectivity index (χ3n) is 2.81. The minimum absolute atomic E-state index is 0.0124. The van der Waals surface area contributed by atoms with Gasteiger partial charge in [0.1, 0.15) is 17.3 Å². The van der Waals surface area contributed by atoms with E-state index < -0.39 is 16.4 Å². The molecule has 0 aliphatic heterocycles. The molecule has 0 aliphatic carbocycles. The van der Waals surface area contributed by atoms with Crippen LogP contribution in [0.4, 0.5) is 10.1 Å². The summed E-state index contributed by atoms with van der Waals surface area (Å²) in [7, 11) is 3.28. The van der Waals surface area contributed by atoms with Crippen LogP contribution in [0.2, 0.25) is 0 Å². The molecule has 0 bridgehead atoms. The molecule has 0 fully saturated rings. The van der Waals surface area contributed by atoms with E-state index in [1.165, 1.54) is 17.0 Å². The molecule has 0 aliphatic rings. The lowest BCUT2D eigenvalue weighted by Gasteiger charge is -2.11. The number of halogens is 1. The second kappa shape index (κ2) is 6.21. The van der Waals surface area contributed by atoms with Crippen LogP contribution in [0.3, 0.4) is 0 Å². The predicted molar refractivity (Wildman–Crippen MR) is 77.6 cm³/mol. The largest absolute Gasteiger partial charge is 0.457 e. The van der Waals surface area contributed by atoms with Crippen LogP contribution in [0.5, 0.6) is 11.5 Å². The maximum absolute atomic E-state index is 13.3. The van der Waals surface area contributed by atoms with E-state index in [-0.39, 0.29) is 11.7 Å². The molecule has 114 valence electrons. The first kappa shape index (κ1) is 15.4. The number of amides is 1. The molecule has 0 spiro atoms. The van der Waals surface area contributed by atoms with Gasteiger partial charge in [0.25, 0.3) is 11.6 Å². The average Bonchev–Trinajstić information content (AvgIpc) is 2.46. The Morgan fingerprint density at radius 3 is 2.32 bits per heavy atom. The first-order valence-corrected chi connectivity index (χ1v) is 6.31. The molecule has 0 atom stereocenters. The normalized spacial score (nSPS) is 10.1. The third kappa shape index (κ3) is 3.57. The summed E-state index contributed by atoms with van der Waals surface area (Å²) in [5.41, 5.74) is 0.0805. The number of hydrogen-bond donors (Lipinski definition) is 0. The molecule has 6 nitrogen and oxygen atoms in total. The van der Waals surface area contributed by atoms with Crippen LogP contribution >= 0.6 is 0 Å². The lowest BCUT2D eigenvalue weighted by molar-refractivity contribution is -0.385. The van der Waals surface area contributed by atoms with Gasteiger partial charge in [-0.25, -0.2) is 4.39 Å². The van der Waals surface area contributed by atoms with Crippen molar-refractivity contribution in [2.75, 3.05) is 14.1 Å². The van der Waals surface area contributed by atoms with Crippen molar-refractivity contribution < 1.29 is 18.8 Å². The predicted octanol–water partition coefficient (Wildman–Crippen LogP) is 3.23. The van der Waals surface area contributed by atoms with E-state index in [4.69, 9.17) is 4.74 Å². The molecule has 2 aromatic carbocycles. The standard InChI is InChI=1S/C15H13FN2O4/c1-17(2)15(19)10-3-5-13(6-4-10)22-14-8-11(16)7-12(9-14)18(20)21/h3-9H,1-2H3. The van der Waals surface area contributed by atoms with Gasteiger partial charge in [0, 0.05) is 25.7 Å². The molecule has 0 aromatic heterocycles. The van der Waals surface area contributed by atoms with Crippen LogP contribution in [0, 0.1) is 15.9 Å². The number of rotatable bonds is 4. The molecule has 22 heavy (non-hydrogen) atoms. The molecule has 0 radical (unpaired) electrons. The summed E-state index contributed by atoms with van der Waals surface area (Å²) in [6.45, 7) is 0. The number of hydrogen-bond acceptors (Lipinski definition) is 4. The molecule has 0 unspecified atom stereocenters. The molecular weight excluding hydrogens is 291 g/mol. The zero-order valence-corrected chi connectivity index (χ0v) is 11.9. The number of carbonyl (C=O) groups excluding carboxylic acids is 1. The van der Waals surface area contributed by atoms with Gasteiger partial charge in [-0.15, -0.1) is 0 Å². The molecule has 0 N–H and O–H groups in total. The van der Waals surface area contributed by atoms with E-state index in [9.17, 15) is 19.3 Å². The van der Waals surface area contributed by atoms with Crippen molar-refractivity contribution in [3.8, 4) is 11.5 Å². The van der Waals surface area contributed by atoms with Crippen molar-refractivity contribution in [2.45, 2.75) is 0 Å². The first-order chi connectivity index (χ1) is 10.4. The number of nitro benzene ring substituents is 1. The molecule has 0 saturated heterocycles. The van der Waals surface area contributed by atoms with Crippen LogP contribution in [0.15, 0.2) is 42.5 Å². The van der Waals surface area contributed by atoms with Crippen LogP contribution in [-0.4, -0.2) is 29.8 Å². The summed E-state index contributed by atoms with van der Waals surface area (Å²) in [4.78, 5) is 23.2. The van der Waals surface area contributed by atoms with Crippen molar-refractivity contribution in [1.29, 1.82) is 0 Å². The van der Waals surface area contributed by atoms with E-state index in [0.29, 0.717) is 11.3 Å². The number of benzene rings is 2. The van der Waals surface area contributed by atoms with Gasteiger partial charge in [-0.3, -0.25) is 14.9 Å². The van der Waals surface area contributed by atoms with Gasteiger partial charge in [0.15, 0.2) is 0 Å². The Bertz CT molecular complexity index is 714. The summed E-state index contributed by atoms with van der Waals surface area (Å²) in [6, 6.07) is 9.18. The van der Waals surface area contributed by atoms with E-state index in [0.717, 1.165) is 18.2 Å². The number of non-ortho nitro benzene ring substituents is 1. The average molecular weight is 304 g/mol. The highest BCUT2D eigenvalue weighted by Crippen LogP contribution is 2.27. The number of carbonyl (C=O) groups is 1. The van der Waals surface area contributed by atoms with Crippen molar-refractivity contribution in [3.63, 3.8) is 0 Å². The van der Waals surface area contributed by atoms with Gasteiger partial charge < -0.3 is 9.64 Å². The molecule has 0 saturated carbocycles. The summed E-state index contributed by atoms with van der Waals surface area (Å²) in [5.74, 6) is -0.565. The second-order valence-corrected chi connectivity index (χ2v) is 4.73. The zero-order chi connectivity index (χ0) is 16.3. The van der Waals surface area contributed by atoms with Crippen molar-refractivity contribution in [1.82, 2.24) is 4.90 Å². The molecule has 2 aromatic rings. The van der Waals surface area contributed by atoms with E-state index in [2.05, 4.69) is 0 Å². The summed E-state index contributed by atoms with van der Waals surface area (Å²) in [5, 5.41) is 10.7.